The molecule has 1 aliphatic rings. The molecule has 6 nitrogen and oxygen atoms in total. The fourth-order valence-corrected chi connectivity index (χ4v) is 3.57. The van der Waals surface area contributed by atoms with Gasteiger partial charge in [-0.1, -0.05) is 18.2 Å². The van der Waals surface area contributed by atoms with E-state index in [-0.39, 0.29) is 5.91 Å². The Kier molecular flexibility index (Phi) is 6.05. The third-order valence-electron chi connectivity index (χ3n) is 5.56. The minimum atomic E-state index is 0.0278. The molecule has 0 aliphatic carbocycles. The number of hydrogen-bond donors (Lipinski definition) is 1. The maximum Gasteiger partial charge on any atom is 0.234 e. The van der Waals surface area contributed by atoms with Gasteiger partial charge in [0.1, 0.15) is 0 Å². The van der Waals surface area contributed by atoms with Crippen LogP contribution in [-0.2, 0) is 11.3 Å². The van der Waals surface area contributed by atoms with Crippen molar-refractivity contribution in [1.82, 2.24) is 25.0 Å². The molecular weight excluding hydrogens is 374 g/mol. The molecule has 0 spiro atoms. The van der Waals surface area contributed by atoms with Crippen LogP contribution in [0.2, 0.25) is 0 Å². The van der Waals surface area contributed by atoms with Gasteiger partial charge in [-0.3, -0.25) is 14.7 Å². The van der Waals surface area contributed by atoms with Crippen molar-refractivity contribution in [3.8, 4) is 5.69 Å². The molecule has 0 unspecified atom stereocenters. The number of benzene rings is 1. The van der Waals surface area contributed by atoms with Gasteiger partial charge in [-0.05, 0) is 61.2 Å². The van der Waals surface area contributed by atoms with Crippen molar-refractivity contribution in [1.29, 1.82) is 0 Å². The average molecular weight is 402 g/mol. The Morgan fingerprint density at radius 2 is 2.07 bits per heavy atom. The number of carbonyl (C=O) groups is 1. The van der Waals surface area contributed by atoms with Crippen LogP contribution in [0.15, 0.2) is 61.1 Å². The summed E-state index contributed by atoms with van der Waals surface area (Å²) >= 11 is 0. The van der Waals surface area contributed by atoms with Crippen LogP contribution in [0, 0.1) is 13.8 Å². The van der Waals surface area contributed by atoms with Crippen LogP contribution < -0.4 is 5.32 Å². The van der Waals surface area contributed by atoms with Gasteiger partial charge in [-0.2, -0.15) is 5.10 Å². The van der Waals surface area contributed by atoms with Gasteiger partial charge in [-0.25, -0.2) is 4.68 Å². The summed E-state index contributed by atoms with van der Waals surface area (Å²) in [5.74, 6) is 0.0278. The summed E-state index contributed by atoms with van der Waals surface area (Å²) < 4.78 is 1.93. The van der Waals surface area contributed by atoms with E-state index in [4.69, 9.17) is 0 Å². The van der Waals surface area contributed by atoms with E-state index in [1.165, 1.54) is 16.7 Å². The number of aryl methyl sites for hydroxylation is 2. The molecule has 1 aromatic carbocycles. The summed E-state index contributed by atoms with van der Waals surface area (Å²) in [5, 5.41) is 7.49. The standard InChI is InChI=1S/C24H27N5O/c1-18-6-7-23(13-19(18)2)29-16-21(14-27-29)20-8-11-28(12-9-20)17-24(30)26-15-22-5-3-4-10-25-22/h3-8,10,13-14,16H,9,11-12,15,17H2,1-2H3,(H,26,30). The molecule has 1 amide bonds. The summed E-state index contributed by atoms with van der Waals surface area (Å²) in [6.45, 7) is 6.72. The van der Waals surface area contributed by atoms with Crippen molar-refractivity contribution >= 4 is 11.5 Å². The van der Waals surface area contributed by atoms with Crippen LogP contribution in [0.4, 0.5) is 0 Å². The molecule has 30 heavy (non-hydrogen) atoms. The Labute approximate surface area is 177 Å². The minimum Gasteiger partial charge on any atom is -0.349 e. The largest absolute Gasteiger partial charge is 0.349 e. The van der Waals surface area contributed by atoms with Gasteiger partial charge in [0.15, 0.2) is 0 Å². The lowest BCUT2D eigenvalue weighted by molar-refractivity contribution is -0.122. The van der Waals surface area contributed by atoms with E-state index in [1.807, 2.05) is 29.1 Å². The number of rotatable bonds is 6. The van der Waals surface area contributed by atoms with Crippen LogP contribution in [-0.4, -0.2) is 45.2 Å². The van der Waals surface area contributed by atoms with Gasteiger partial charge in [-0.15, -0.1) is 0 Å². The monoisotopic (exact) mass is 401 g/mol. The first-order valence-electron chi connectivity index (χ1n) is 10.3. The fourth-order valence-electron chi connectivity index (χ4n) is 3.57. The zero-order valence-corrected chi connectivity index (χ0v) is 17.5. The number of pyridine rings is 1. The lowest BCUT2D eigenvalue weighted by atomic mass is 10.0. The van der Waals surface area contributed by atoms with Crippen molar-refractivity contribution in [2.75, 3.05) is 19.6 Å². The highest BCUT2D eigenvalue weighted by Crippen LogP contribution is 2.23. The lowest BCUT2D eigenvalue weighted by Crippen LogP contribution is -2.39. The van der Waals surface area contributed by atoms with Crippen molar-refractivity contribution in [3.63, 3.8) is 0 Å². The third kappa shape index (κ3) is 4.83. The molecule has 0 saturated carbocycles. The minimum absolute atomic E-state index is 0.0278. The quantitative estimate of drug-likeness (QED) is 0.689. The van der Waals surface area contributed by atoms with Crippen LogP contribution in [0.25, 0.3) is 11.3 Å². The highest BCUT2D eigenvalue weighted by Gasteiger charge is 2.17. The molecule has 154 valence electrons. The van der Waals surface area contributed by atoms with E-state index in [0.717, 1.165) is 36.5 Å². The average Bonchev–Trinajstić information content (AvgIpc) is 3.26. The highest BCUT2D eigenvalue weighted by atomic mass is 16.2. The molecule has 0 atom stereocenters. The van der Waals surface area contributed by atoms with E-state index >= 15 is 0 Å². The molecule has 0 bridgehead atoms. The highest BCUT2D eigenvalue weighted by molar-refractivity contribution is 5.78. The molecule has 0 radical (unpaired) electrons. The Balaban J connectivity index is 1.32. The molecule has 1 N–H and O–H groups in total. The number of aromatic nitrogens is 3. The Morgan fingerprint density at radius 3 is 2.80 bits per heavy atom. The zero-order valence-electron chi connectivity index (χ0n) is 17.5. The van der Waals surface area contributed by atoms with Crippen molar-refractivity contribution in [2.24, 2.45) is 0 Å². The predicted molar refractivity (Wildman–Crippen MR) is 118 cm³/mol. The zero-order chi connectivity index (χ0) is 20.9. The van der Waals surface area contributed by atoms with Crippen LogP contribution >= 0.6 is 0 Å². The summed E-state index contributed by atoms with van der Waals surface area (Å²) in [4.78, 5) is 18.6. The number of amides is 1. The topological polar surface area (TPSA) is 63.1 Å². The van der Waals surface area contributed by atoms with Crippen molar-refractivity contribution < 1.29 is 4.79 Å². The van der Waals surface area contributed by atoms with E-state index < -0.39 is 0 Å². The van der Waals surface area contributed by atoms with E-state index in [0.29, 0.717) is 13.1 Å². The number of nitrogens with one attached hydrogen (secondary N) is 1. The Morgan fingerprint density at radius 1 is 1.17 bits per heavy atom. The molecular formula is C24H27N5O. The SMILES string of the molecule is Cc1ccc(-n2cc(C3=CCN(CC(=O)NCc4ccccn4)CC3)cn2)cc1C. The van der Waals surface area contributed by atoms with Crippen molar-refractivity contribution in [3.05, 3.63) is 83.4 Å². The summed E-state index contributed by atoms with van der Waals surface area (Å²) in [7, 11) is 0. The summed E-state index contributed by atoms with van der Waals surface area (Å²) in [6.07, 6.45) is 8.87. The first-order chi connectivity index (χ1) is 14.6. The molecule has 0 fully saturated rings. The van der Waals surface area contributed by atoms with Gasteiger partial charge in [0.25, 0.3) is 0 Å². The van der Waals surface area contributed by atoms with Crippen molar-refractivity contribution in [2.45, 2.75) is 26.8 Å². The first kappa shape index (κ1) is 20.0. The molecule has 1 aliphatic heterocycles. The molecule has 0 saturated heterocycles. The Bertz CT molecular complexity index is 1050. The predicted octanol–water partition coefficient (Wildman–Crippen LogP) is 3.29. The second-order valence-electron chi connectivity index (χ2n) is 7.75. The molecule has 3 heterocycles. The van der Waals surface area contributed by atoms with Gasteiger partial charge in [0.2, 0.25) is 5.91 Å². The number of nitrogens with zero attached hydrogens (tertiary/aromatic N) is 4. The Hall–Kier alpha value is -3.25. The summed E-state index contributed by atoms with van der Waals surface area (Å²) in [5.41, 5.74) is 6.92. The first-order valence-corrected chi connectivity index (χ1v) is 10.3. The van der Waals surface area contributed by atoms with Crippen LogP contribution in [0.5, 0.6) is 0 Å². The maximum atomic E-state index is 12.2. The number of carbonyl (C=O) groups excluding carboxylic acids is 1. The maximum absolute atomic E-state index is 12.2. The fraction of sp³-hybridized carbons (Fsp3) is 0.292. The van der Waals surface area contributed by atoms with Crippen LogP contribution in [0.1, 0.15) is 28.8 Å². The van der Waals surface area contributed by atoms with Gasteiger partial charge in [0, 0.05) is 31.0 Å². The van der Waals surface area contributed by atoms with Gasteiger partial charge in [0.05, 0.1) is 30.7 Å². The molecule has 4 rings (SSSR count). The molecule has 6 heteroatoms. The lowest BCUT2D eigenvalue weighted by Gasteiger charge is -2.25. The second-order valence-corrected chi connectivity index (χ2v) is 7.75. The van der Waals surface area contributed by atoms with Gasteiger partial charge < -0.3 is 5.32 Å². The smallest absolute Gasteiger partial charge is 0.234 e. The van der Waals surface area contributed by atoms with Crippen LogP contribution in [0.3, 0.4) is 0 Å². The molecule has 3 aromatic rings. The summed E-state index contributed by atoms with van der Waals surface area (Å²) in [6, 6.07) is 12.1. The molecule has 2 aromatic heterocycles. The second kappa shape index (κ2) is 9.05. The normalized spacial score (nSPS) is 14.4. The van der Waals surface area contributed by atoms with Gasteiger partial charge >= 0.3 is 0 Å². The van der Waals surface area contributed by atoms with E-state index in [2.05, 4.69) is 64.6 Å². The van der Waals surface area contributed by atoms with E-state index in [9.17, 15) is 4.79 Å². The van der Waals surface area contributed by atoms with E-state index in [1.54, 1.807) is 6.20 Å². The third-order valence-corrected chi connectivity index (χ3v) is 5.56. The number of hydrogen-bond acceptors (Lipinski definition) is 4.